The summed E-state index contributed by atoms with van der Waals surface area (Å²) in [5.74, 6) is -1.23. The minimum atomic E-state index is -0.520. The summed E-state index contributed by atoms with van der Waals surface area (Å²) >= 11 is 0. The highest BCUT2D eigenvalue weighted by molar-refractivity contribution is 6.22. The number of aromatic nitrogens is 3. The average molecular weight is 271 g/mol. The van der Waals surface area contributed by atoms with Crippen molar-refractivity contribution in [2.75, 3.05) is 11.9 Å². The molecule has 3 rings (SSSR count). The van der Waals surface area contributed by atoms with Crippen molar-refractivity contribution in [2.45, 2.75) is 0 Å². The average Bonchev–Trinajstić information content (AvgIpc) is 3.03. The van der Waals surface area contributed by atoms with Gasteiger partial charge in [-0.2, -0.15) is 10.3 Å². The minimum absolute atomic E-state index is 0.228. The zero-order chi connectivity index (χ0) is 14.1. The first kappa shape index (κ1) is 12.0. The van der Waals surface area contributed by atoms with Gasteiger partial charge in [-0.3, -0.25) is 19.3 Å². The van der Waals surface area contributed by atoms with Crippen molar-refractivity contribution in [1.29, 1.82) is 0 Å². The molecule has 0 aliphatic carbocycles. The molecular formula is C12H9N5O3. The number of imide groups is 1. The predicted octanol–water partition coefficient (Wildman–Crippen LogP) is 0.0394. The van der Waals surface area contributed by atoms with E-state index in [2.05, 4.69) is 20.7 Å². The van der Waals surface area contributed by atoms with Crippen LogP contribution in [0.25, 0.3) is 0 Å². The number of fused-ring (bicyclic) bond motifs is 1. The van der Waals surface area contributed by atoms with Gasteiger partial charge in [0, 0.05) is 0 Å². The molecule has 0 atom stereocenters. The second-order valence-electron chi connectivity index (χ2n) is 4.15. The van der Waals surface area contributed by atoms with Gasteiger partial charge in [0.15, 0.2) is 5.82 Å². The number of nitrogens with one attached hydrogen (secondary N) is 2. The Morgan fingerprint density at radius 2 is 1.85 bits per heavy atom. The fraction of sp³-hybridized carbons (Fsp3) is 0.0833. The van der Waals surface area contributed by atoms with Gasteiger partial charge in [0.05, 0.1) is 17.3 Å². The van der Waals surface area contributed by atoms with Crippen molar-refractivity contribution in [2.24, 2.45) is 0 Å². The molecule has 3 amide bonds. The molecule has 1 aliphatic heterocycles. The van der Waals surface area contributed by atoms with Crippen LogP contribution in [0.2, 0.25) is 0 Å². The molecule has 1 aliphatic rings. The zero-order valence-electron chi connectivity index (χ0n) is 10.2. The Hall–Kier alpha value is -3.03. The van der Waals surface area contributed by atoms with Gasteiger partial charge in [-0.1, -0.05) is 12.1 Å². The Labute approximate surface area is 112 Å². The van der Waals surface area contributed by atoms with Crippen molar-refractivity contribution >= 4 is 23.5 Å². The maximum Gasteiger partial charge on any atom is 0.262 e. The number of amides is 3. The Morgan fingerprint density at radius 3 is 2.40 bits per heavy atom. The molecular weight excluding hydrogens is 262 g/mol. The monoisotopic (exact) mass is 271 g/mol. The highest BCUT2D eigenvalue weighted by Gasteiger charge is 2.36. The largest absolute Gasteiger partial charge is 0.306 e. The molecule has 0 fully saturated rings. The highest BCUT2D eigenvalue weighted by Crippen LogP contribution is 2.21. The summed E-state index contributed by atoms with van der Waals surface area (Å²) in [6.07, 6.45) is 1.32. The Balaban J connectivity index is 1.75. The second-order valence-corrected chi connectivity index (χ2v) is 4.15. The summed E-state index contributed by atoms with van der Waals surface area (Å²) in [7, 11) is 0. The van der Waals surface area contributed by atoms with Gasteiger partial charge in [0.2, 0.25) is 5.91 Å². The number of nitrogens with zero attached hydrogens (tertiary/aromatic N) is 3. The summed E-state index contributed by atoms with van der Waals surface area (Å²) in [6.45, 7) is -0.362. The second kappa shape index (κ2) is 4.57. The Bertz CT molecular complexity index is 660. The van der Waals surface area contributed by atoms with Crippen LogP contribution in [-0.4, -0.2) is 44.6 Å². The molecule has 0 saturated heterocycles. The smallest absolute Gasteiger partial charge is 0.262 e. The first-order chi connectivity index (χ1) is 9.66. The van der Waals surface area contributed by atoms with Crippen LogP contribution in [0.4, 0.5) is 5.82 Å². The van der Waals surface area contributed by atoms with E-state index in [0.29, 0.717) is 11.1 Å². The van der Waals surface area contributed by atoms with Crippen LogP contribution in [-0.2, 0) is 4.79 Å². The maximum atomic E-state index is 12.0. The SMILES string of the molecule is O=C(CN1C(=O)c2ccccc2C1=O)Nc1cn[nH]n1. The third-order valence-electron chi connectivity index (χ3n) is 2.86. The molecule has 0 unspecified atom stereocenters. The van der Waals surface area contributed by atoms with E-state index in [-0.39, 0.29) is 12.4 Å². The normalized spacial score (nSPS) is 13.5. The molecule has 100 valence electrons. The first-order valence-electron chi connectivity index (χ1n) is 5.77. The van der Waals surface area contributed by atoms with E-state index >= 15 is 0 Å². The van der Waals surface area contributed by atoms with E-state index in [1.165, 1.54) is 6.20 Å². The molecule has 2 heterocycles. The van der Waals surface area contributed by atoms with Crippen LogP contribution in [0.3, 0.4) is 0 Å². The van der Waals surface area contributed by atoms with Crippen molar-refractivity contribution in [3.05, 3.63) is 41.6 Å². The van der Waals surface area contributed by atoms with E-state index in [9.17, 15) is 14.4 Å². The third-order valence-corrected chi connectivity index (χ3v) is 2.86. The van der Waals surface area contributed by atoms with Crippen LogP contribution in [0, 0.1) is 0 Å². The molecule has 1 aromatic heterocycles. The van der Waals surface area contributed by atoms with E-state index in [1.807, 2.05) is 0 Å². The first-order valence-corrected chi connectivity index (χ1v) is 5.77. The number of anilines is 1. The number of hydrogen-bond acceptors (Lipinski definition) is 5. The van der Waals surface area contributed by atoms with Gasteiger partial charge in [-0.05, 0) is 12.1 Å². The quantitative estimate of drug-likeness (QED) is 0.766. The van der Waals surface area contributed by atoms with Crippen molar-refractivity contribution in [3.63, 3.8) is 0 Å². The fourth-order valence-electron chi connectivity index (χ4n) is 1.97. The highest BCUT2D eigenvalue weighted by atomic mass is 16.2. The van der Waals surface area contributed by atoms with Gasteiger partial charge in [-0.25, -0.2) is 0 Å². The molecule has 1 aromatic carbocycles. The summed E-state index contributed by atoms with van der Waals surface area (Å²) in [4.78, 5) is 36.7. The lowest BCUT2D eigenvalue weighted by Crippen LogP contribution is -2.37. The zero-order valence-corrected chi connectivity index (χ0v) is 10.2. The molecule has 2 N–H and O–H groups in total. The Kier molecular flexibility index (Phi) is 2.75. The van der Waals surface area contributed by atoms with Crippen molar-refractivity contribution in [3.8, 4) is 0 Å². The van der Waals surface area contributed by atoms with E-state index in [4.69, 9.17) is 0 Å². The lowest BCUT2D eigenvalue weighted by Gasteiger charge is -2.12. The topological polar surface area (TPSA) is 108 Å². The maximum absolute atomic E-state index is 12.0. The van der Waals surface area contributed by atoms with E-state index in [0.717, 1.165) is 4.90 Å². The number of rotatable bonds is 3. The summed E-state index contributed by atoms with van der Waals surface area (Å²) < 4.78 is 0. The molecule has 20 heavy (non-hydrogen) atoms. The van der Waals surface area contributed by atoms with Crippen molar-refractivity contribution < 1.29 is 14.4 Å². The Morgan fingerprint density at radius 1 is 1.20 bits per heavy atom. The number of aromatic amines is 1. The van der Waals surface area contributed by atoms with Gasteiger partial charge in [0.1, 0.15) is 6.54 Å². The van der Waals surface area contributed by atoms with Gasteiger partial charge >= 0.3 is 0 Å². The molecule has 0 spiro atoms. The summed E-state index contributed by atoms with van der Waals surface area (Å²) in [6, 6.07) is 6.46. The number of hydrogen-bond donors (Lipinski definition) is 2. The summed E-state index contributed by atoms with van der Waals surface area (Å²) in [5.41, 5.74) is 0.624. The van der Waals surface area contributed by atoms with Gasteiger partial charge in [0.25, 0.3) is 11.8 Å². The number of H-pyrrole nitrogens is 1. The number of carbonyl (C=O) groups is 3. The molecule has 8 nitrogen and oxygen atoms in total. The number of carbonyl (C=O) groups excluding carboxylic acids is 3. The van der Waals surface area contributed by atoms with Crippen LogP contribution >= 0.6 is 0 Å². The molecule has 8 heteroatoms. The lowest BCUT2D eigenvalue weighted by atomic mass is 10.1. The minimum Gasteiger partial charge on any atom is -0.306 e. The number of benzene rings is 1. The van der Waals surface area contributed by atoms with Gasteiger partial charge < -0.3 is 5.32 Å². The van der Waals surface area contributed by atoms with Crippen LogP contribution < -0.4 is 5.32 Å². The van der Waals surface area contributed by atoms with E-state index < -0.39 is 17.7 Å². The fourth-order valence-corrected chi connectivity index (χ4v) is 1.97. The van der Waals surface area contributed by atoms with Crippen LogP contribution in [0.5, 0.6) is 0 Å². The molecule has 0 radical (unpaired) electrons. The summed E-state index contributed by atoms with van der Waals surface area (Å²) in [5, 5.41) is 11.9. The lowest BCUT2D eigenvalue weighted by molar-refractivity contribution is -0.116. The van der Waals surface area contributed by atoms with Gasteiger partial charge in [-0.15, -0.1) is 5.10 Å². The van der Waals surface area contributed by atoms with Crippen LogP contribution in [0.1, 0.15) is 20.7 Å². The molecule has 0 saturated carbocycles. The molecule has 0 bridgehead atoms. The van der Waals surface area contributed by atoms with Crippen molar-refractivity contribution in [1.82, 2.24) is 20.3 Å². The third kappa shape index (κ3) is 1.92. The standard InChI is InChI=1S/C12H9N5O3/c18-10(14-9-5-13-16-15-9)6-17-11(19)7-3-1-2-4-8(7)12(17)20/h1-5H,6H2,(H2,13,14,15,16,18). The predicted molar refractivity (Wildman–Crippen MR) is 66.8 cm³/mol. The molecule has 2 aromatic rings. The van der Waals surface area contributed by atoms with Crippen LogP contribution in [0.15, 0.2) is 30.5 Å². The van der Waals surface area contributed by atoms with E-state index in [1.54, 1.807) is 24.3 Å².